The van der Waals surface area contributed by atoms with Crippen LogP contribution in [0, 0.1) is 0 Å². The first-order valence-corrected chi connectivity index (χ1v) is 4.56. The van der Waals surface area contributed by atoms with Crippen LogP contribution in [0.15, 0.2) is 16.6 Å². The van der Waals surface area contributed by atoms with Gasteiger partial charge in [0.15, 0.2) is 0 Å². The van der Waals surface area contributed by atoms with Crippen LogP contribution in [0.25, 0.3) is 0 Å². The van der Waals surface area contributed by atoms with Gasteiger partial charge in [-0.3, -0.25) is 0 Å². The van der Waals surface area contributed by atoms with Crippen molar-refractivity contribution in [3.63, 3.8) is 0 Å². The summed E-state index contributed by atoms with van der Waals surface area (Å²) in [5.41, 5.74) is 7.47. The van der Waals surface area contributed by atoms with Crippen molar-refractivity contribution in [3.8, 4) is 0 Å². The van der Waals surface area contributed by atoms with Crippen molar-refractivity contribution in [2.75, 3.05) is 5.73 Å². The van der Waals surface area contributed by atoms with Crippen LogP contribution in [0.3, 0.4) is 0 Å². The van der Waals surface area contributed by atoms with Gasteiger partial charge in [-0.1, -0.05) is 18.5 Å². The highest BCUT2D eigenvalue weighted by molar-refractivity contribution is 9.10. The van der Waals surface area contributed by atoms with Crippen molar-refractivity contribution in [1.82, 2.24) is 0 Å². The molecular formula is C8H9BrClN. The van der Waals surface area contributed by atoms with Crippen molar-refractivity contribution in [2.45, 2.75) is 13.3 Å². The van der Waals surface area contributed by atoms with E-state index in [4.69, 9.17) is 17.3 Å². The van der Waals surface area contributed by atoms with Crippen molar-refractivity contribution in [2.24, 2.45) is 0 Å². The van der Waals surface area contributed by atoms with Gasteiger partial charge < -0.3 is 5.73 Å². The summed E-state index contributed by atoms with van der Waals surface area (Å²) < 4.78 is 0.908. The third-order valence-electron chi connectivity index (χ3n) is 1.59. The molecule has 0 aliphatic carbocycles. The molecule has 0 fully saturated rings. The summed E-state index contributed by atoms with van der Waals surface area (Å²) in [7, 11) is 0. The van der Waals surface area contributed by atoms with E-state index in [-0.39, 0.29) is 0 Å². The lowest BCUT2D eigenvalue weighted by molar-refractivity contribution is 1.14. The Hall–Kier alpha value is -0.210. The number of nitrogens with two attached hydrogens (primary N) is 1. The van der Waals surface area contributed by atoms with E-state index < -0.39 is 0 Å². The first-order valence-electron chi connectivity index (χ1n) is 3.39. The van der Waals surface area contributed by atoms with Crippen LogP contribution in [0.4, 0.5) is 5.69 Å². The Bertz CT molecular complexity index is 273. The Morgan fingerprint density at radius 3 is 2.64 bits per heavy atom. The zero-order valence-corrected chi connectivity index (χ0v) is 8.54. The van der Waals surface area contributed by atoms with Crippen molar-refractivity contribution >= 4 is 33.2 Å². The molecule has 11 heavy (non-hydrogen) atoms. The average Bonchev–Trinajstić information content (AvgIpc) is 1.99. The molecule has 1 aromatic rings. The molecule has 0 spiro atoms. The molecule has 0 aliphatic heterocycles. The lowest BCUT2D eigenvalue weighted by Crippen LogP contribution is -1.93. The first kappa shape index (κ1) is 8.88. The highest BCUT2D eigenvalue weighted by Gasteiger charge is 2.05. The fourth-order valence-electron chi connectivity index (χ4n) is 0.967. The molecule has 0 radical (unpaired) electrons. The lowest BCUT2D eigenvalue weighted by atomic mass is 10.1. The molecule has 60 valence electrons. The SMILES string of the molecule is CCc1c(N)ccc(Br)c1Cl. The largest absolute Gasteiger partial charge is 0.398 e. The number of hydrogen-bond donors (Lipinski definition) is 1. The van der Waals surface area contributed by atoms with Gasteiger partial charge in [0, 0.05) is 10.2 Å². The smallest absolute Gasteiger partial charge is 0.0600 e. The maximum atomic E-state index is 5.97. The predicted molar refractivity (Wildman–Crippen MR) is 52.9 cm³/mol. The van der Waals surface area contributed by atoms with Crippen LogP contribution in [0.1, 0.15) is 12.5 Å². The monoisotopic (exact) mass is 233 g/mol. The summed E-state index contributed by atoms with van der Waals surface area (Å²) in [5, 5.41) is 0.729. The van der Waals surface area contributed by atoms with Crippen LogP contribution in [0.2, 0.25) is 5.02 Å². The van der Waals surface area contributed by atoms with E-state index in [9.17, 15) is 0 Å². The summed E-state index contributed by atoms with van der Waals surface area (Å²) in [4.78, 5) is 0. The molecule has 0 bridgehead atoms. The van der Waals surface area contributed by atoms with Gasteiger partial charge >= 0.3 is 0 Å². The number of anilines is 1. The quantitative estimate of drug-likeness (QED) is 0.742. The molecule has 0 amide bonds. The second-order valence-electron chi connectivity index (χ2n) is 2.28. The summed E-state index contributed by atoms with van der Waals surface area (Å²) in [5.74, 6) is 0. The van der Waals surface area contributed by atoms with E-state index in [0.29, 0.717) is 0 Å². The van der Waals surface area contributed by atoms with Crippen molar-refractivity contribution in [3.05, 3.63) is 27.2 Å². The Morgan fingerprint density at radius 1 is 1.55 bits per heavy atom. The molecule has 0 unspecified atom stereocenters. The zero-order chi connectivity index (χ0) is 8.43. The van der Waals surface area contributed by atoms with E-state index in [1.807, 2.05) is 19.1 Å². The van der Waals surface area contributed by atoms with Crippen LogP contribution in [-0.2, 0) is 6.42 Å². The van der Waals surface area contributed by atoms with Crippen LogP contribution >= 0.6 is 27.5 Å². The molecule has 0 aromatic heterocycles. The van der Waals surface area contributed by atoms with Gasteiger partial charge in [-0.2, -0.15) is 0 Å². The number of rotatable bonds is 1. The molecule has 1 rings (SSSR count). The molecule has 3 heteroatoms. The number of nitrogen functional groups attached to an aromatic ring is 1. The van der Waals surface area contributed by atoms with Crippen molar-refractivity contribution in [1.29, 1.82) is 0 Å². The fourth-order valence-corrected chi connectivity index (χ4v) is 1.64. The van der Waals surface area contributed by atoms with E-state index in [1.165, 1.54) is 0 Å². The van der Waals surface area contributed by atoms with Gasteiger partial charge in [-0.25, -0.2) is 0 Å². The summed E-state index contributed by atoms with van der Waals surface area (Å²) in [6, 6.07) is 3.71. The van der Waals surface area contributed by atoms with Gasteiger partial charge in [0.25, 0.3) is 0 Å². The average molecular weight is 235 g/mol. The Balaban J connectivity index is 3.29. The van der Waals surface area contributed by atoms with E-state index in [1.54, 1.807) is 0 Å². The minimum Gasteiger partial charge on any atom is -0.398 e. The van der Waals surface area contributed by atoms with E-state index in [0.717, 1.165) is 27.2 Å². The maximum Gasteiger partial charge on any atom is 0.0600 e. The van der Waals surface area contributed by atoms with Crippen LogP contribution < -0.4 is 5.73 Å². The molecule has 0 heterocycles. The minimum absolute atomic E-state index is 0.729. The second kappa shape index (κ2) is 3.46. The predicted octanol–water partition coefficient (Wildman–Crippen LogP) is 3.25. The van der Waals surface area contributed by atoms with Crippen molar-refractivity contribution < 1.29 is 0 Å². The van der Waals surface area contributed by atoms with Gasteiger partial charge in [-0.15, -0.1) is 0 Å². The first-order chi connectivity index (χ1) is 5.16. The maximum absolute atomic E-state index is 5.97. The molecular weight excluding hydrogens is 225 g/mol. The molecule has 2 N–H and O–H groups in total. The standard InChI is InChI=1S/C8H9BrClN/c1-2-5-7(11)4-3-6(9)8(5)10/h3-4H,2,11H2,1H3. The number of hydrogen-bond acceptors (Lipinski definition) is 1. The molecule has 0 saturated heterocycles. The van der Waals surface area contributed by atoms with Gasteiger partial charge in [0.05, 0.1) is 5.02 Å². The van der Waals surface area contributed by atoms with Gasteiger partial charge in [-0.05, 0) is 40.0 Å². The third-order valence-corrected chi connectivity index (χ3v) is 2.91. The molecule has 1 nitrogen and oxygen atoms in total. The van der Waals surface area contributed by atoms with Crippen LogP contribution in [-0.4, -0.2) is 0 Å². The van der Waals surface area contributed by atoms with E-state index >= 15 is 0 Å². The molecule has 0 atom stereocenters. The molecule has 0 aliphatic rings. The normalized spacial score (nSPS) is 10.1. The Kier molecular flexibility index (Phi) is 2.79. The van der Waals surface area contributed by atoms with Crippen LogP contribution in [0.5, 0.6) is 0 Å². The molecule has 0 saturated carbocycles. The third kappa shape index (κ3) is 1.68. The highest BCUT2D eigenvalue weighted by atomic mass is 79.9. The van der Waals surface area contributed by atoms with Gasteiger partial charge in [0.1, 0.15) is 0 Å². The van der Waals surface area contributed by atoms with Gasteiger partial charge in [0.2, 0.25) is 0 Å². The summed E-state index contributed by atoms with van der Waals surface area (Å²) >= 11 is 9.31. The Morgan fingerprint density at radius 2 is 2.18 bits per heavy atom. The number of benzene rings is 1. The second-order valence-corrected chi connectivity index (χ2v) is 3.52. The lowest BCUT2D eigenvalue weighted by Gasteiger charge is -2.06. The Labute approximate surface area is 79.7 Å². The summed E-state index contributed by atoms with van der Waals surface area (Å²) in [6.07, 6.45) is 0.865. The molecule has 1 aromatic carbocycles. The van der Waals surface area contributed by atoms with E-state index in [2.05, 4.69) is 15.9 Å². The topological polar surface area (TPSA) is 26.0 Å². The summed E-state index contributed by atoms with van der Waals surface area (Å²) in [6.45, 7) is 2.03. The fraction of sp³-hybridized carbons (Fsp3) is 0.250. The number of halogens is 2. The zero-order valence-electron chi connectivity index (χ0n) is 6.20. The highest BCUT2D eigenvalue weighted by Crippen LogP contribution is 2.30. The minimum atomic E-state index is 0.729.